The Morgan fingerprint density at radius 1 is 1.40 bits per heavy atom. The molecule has 5 heteroatoms. The minimum Gasteiger partial charge on any atom is -0.480 e. The lowest BCUT2D eigenvalue weighted by atomic mass is 9.73. The molecule has 1 aliphatic carbocycles. The van der Waals surface area contributed by atoms with E-state index in [-0.39, 0.29) is 38.1 Å². The first-order valence-electron chi connectivity index (χ1n) is 4.95. The Balaban J connectivity index is 2.84. The lowest BCUT2D eigenvalue weighted by Crippen LogP contribution is -2.43. The van der Waals surface area contributed by atoms with Gasteiger partial charge in [-0.25, -0.2) is 0 Å². The number of ether oxygens (including phenoxy) is 1. The smallest absolute Gasteiger partial charge is 0.323 e. The molecule has 0 atom stereocenters. The number of carbonyl (C=O) groups is 3. The summed E-state index contributed by atoms with van der Waals surface area (Å²) in [4.78, 5) is 33.6. The van der Waals surface area contributed by atoms with Crippen LogP contribution in [-0.4, -0.2) is 29.4 Å². The van der Waals surface area contributed by atoms with Gasteiger partial charge in [-0.15, -0.1) is 0 Å². The fraction of sp³-hybridized carbons (Fsp3) is 0.700. The summed E-state index contributed by atoms with van der Waals surface area (Å²) in [5.74, 6) is -1.89. The highest BCUT2D eigenvalue weighted by molar-refractivity contribution is 6.01. The van der Waals surface area contributed by atoms with Crippen molar-refractivity contribution in [2.45, 2.75) is 32.6 Å². The minimum atomic E-state index is -1.50. The molecule has 0 aromatic rings. The molecule has 1 fully saturated rings. The minimum absolute atomic E-state index is 0.0103. The van der Waals surface area contributed by atoms with E-state index in [9.17, 15) is 14.4 Å². The molecule has 5 nitrogen and oxygen atoms in total. The van der Waals surface area contributed by atoms with E-state index in [2.05, 4.69) is 0 Å². The molecule has 0 unspecified atom stereocenters. The van der Waals surface area contributed by atoms with E-state index in [1.54, 1.807) is 6.92 Å². The van der Waals surface area contributed by atoms with E-state index < -0.39 is 17.4 Å². The Labute approximate surface area is 87.4 Å². The Morgan fingerprint density at radius 3 is 2.33 bits per heavy atom. The predicted molar refractivity (Wildman–Crippen MR) is 50.2 cm³/mol. The molecular formula is C10H14O5. The normalized spacial score (nSPS) is 19.7. The van der Waals surface area contributed by atoms with Crippen LogP contribution in [0.15, 0.2) is 0 Å². The fourth-order valence-electron chi connectivity index (χ4n) is 1.73. The molecule has 1 saturated carbocycles. The number of esters is 1. The van der Waals surface area contributed by atoms with Gasteiger partial charge in [0.05, 0.1) is 6.61 Å². The first-order chi connectivity index (χ1) is 7.03. The summed E-state index contributed by atoms with van der Waals surface area (Å²) in [5.41, 5.74) is -1.50. The van der Waals surface area contributed by atoms with Gasteiger partial charge in [-0.2, -0.15) is 0 Å². The van der Waals surface area contributed by atoms with Crippen molar-refractivity contribution in [3.8, 4) is 0 Å². The summed E-state index contributed by atoms with van der Waals surface area (Å²) in [6, 6.07) is 0. The van der Waals surface area contributed by atoms with E-state index in [4.69, 9.17) is 9.84 Å². The number of hydrogen-bond acceptors (Lipinski definition) is 4. The van der Waals surface area contributed by atoms with Crippen molar-refractivity contribution in [3.63, 3.8) is 0 Å². The number of carbonyl (C=O) groups excluding carboxylic acids is 2. The van der Waals surface area contributed by atoms with Crippen LogP contribution in [0.3, 0.4) is 0 Å². The van der Waals surface area contributed by atoms with Crippen LogP contribution in [0.2, 0.25) is 0 Å². The molecule has 0 bridgehead atoms. The zero-order chi connectivity index (χ0) is 11.5. The number of carboxylic acids is 1. The second-order valence-corrected chi connectivity index (χ2v) is 3.65. The zero-order valence-corrected chi connectivity index (χ0v) is 8.62. The van der Waals surface area contributed by atoms with Crippen LogP contribution in [0.25, 0.3) is 0 Å². The molecule has 0 radical (unpaired) electrons. The Morgan fingerprint density at radius 2 is 1.93 bits per heavy atom. The molecule has 0 spiro atoms. The number of aliphatic carboxylic acids is 1. The highest BCUT2D eigenvalue weighted by Crippen LogP contribution is 2.36. The average Bonchev–Trinajstić information content (AvgIpc) is 2.19. The van der Waals surface area contributed by atoms with Crippen LogP contribution < -0.4 is 0 Å². The molecular weight excluding hydrogens is 200 g/mol. The second-order valence-electron chi connectivity index (χ2n) is 3.65. The van der Waals surface area contributed by atoms with Gasteiger partial charge in [0.25, 0.3) is 0 Å². The monoisotopic (exact) mass is 214 g/mol. The predicted octanol–water partition coefficient (Wildman–Crippen LogP) is 0.764. The maximum Gasteiger partial charge on any atom is 0.323 e. The lowest BCUT2D eigenvalue weighted by Gasteiger charge is -2.29. The largest absolute Gasteiger partial charge is 0.480 e. The molecule has 0 aromatic heterocycles. The molecule has 0 aliphatic heterocycles. The third-order valence-electron chi connectivity index (χ3n) is 2.74. The number of Topliss-reactive ketones (excluding diaryl/α,β-unsaturated/α-hetero) is 1. The summed E-state index contributed by atoms with van der Waals surface area (Å²) in [6.45, 7) is 1.78. The molecule has 1 N–H and O–H groups in total. The van der Waals surface area contributed by atoms with Gasteiger partial charge in [0.2, 0.25) is 0 Å². The number of carboxylic acid groups (broad SMARTS) is 1. The van der Waals surface area contributed by atoms with Gasteiger partial charge >= 0.3 is 11.9 Å². The van der Waals surface area contributed by atoms with Gasteiger partial charge in [0.15, 0.2) is 5.41 Å². The van der Waals surface area contributed by atoms with Crippen molar-refractivity contribution in [2.75, 3.05) is 6.61 Å². The van der Waals surface area contributed by atoms with Crippen molar-refractivity contribution in [1.29, 1.82) is 0 Å². The van der Waals surface area contributed by atoms with Crippen LogP contribution in [0.5, 0.6) is 0 Å². The Bertz CT molecular complexity index is 284. The maximum atomic E-state index is 11.6. The lowest BCUT2D eigenvalue weighted by molar-refractivity contribution is -0.171. The first-order valence-corrected chi connectivity index (χ1v) is 4.95. The standard InChI is InChI=1S/C10H14O5/c1-2-15-9(14)10(8(12)13)5-3-7(11)4-6-10/h2-6H2,1H3,(H,12,13). The third kappa shape index (κ3) is 2.16. The average molecular weight is 214 g/mol. The molecule has 0 amide bonds. The van der Waals surface area contributed by atoms with Gasteiger partial charge in [-0.1, -0.05) is 0 Å². The van der Waals surface area contributed by atoms with E-state index in [0.717, 1.165) is 0 Å². The zero-order valence-electron chi connectivity index (χ0n) is 8.62. The van der Waals surface area contributed by atoms with Crippen molar-refractivity contribution < 1.29 is 24.2 Å². The van der Waals surface area contributed by atoms with Crippen LogP contribution >= 0.6 is 0 Å². The quantitative estimate of drug-likeness (QED) is 0.554. The number of hydrogen-bond donors (Lipinski definition) is 1. The van der Waals surface area contributed by atoms with Gasteiger partial charge in [-0.05, 0) is 19.8 Å². The maximum absolute atomic E-state index is 11.6. The van der Waals surface area contributed by atoms with Gasteiger partial charge in [0, 0.05) is 12.8 Å². The number of ketones is 1. The van der Waals surface area contributed by atoms with E-state index in [1.165, 1.54) is 0 Å². The summed E-state index contributed by atoms with van der Waals surface area (Å²) < 4.78 is 4.75. The summed E-state index contributed by atoms with van der Waals surface area (Å²) in [5, 5.41) is 9.06. The Hall–Kier alpha value is -1.39. The van der Waals surface area contributed by atoms with E-state index in [0.29, 0.717) is 0 Å². The van der Waals surface area contributed by atoms with Gasteiger partial charge in [0.1, 0.15) is 5.78 Å². The second kappa shape index (κ2) is 4.42. The summed E-state index contributed by atoms with van der Waals surface area (Å²) >= 11 is 0. The SMILES string of the molecule is CCOC(=O)C1(C(=O)O)CCC(=O)CC1. The highest BCUT2D eigenvalue weighted by atomic mass is 16.5. The van der Waals surface area contributed by atoms with Crippen molar-refractivity contribution in [3.05, 3.63) is 0 Å². The summed E-state index contributed by atoms with van der Waals surface area (Å²) in [7, 11) is 0. The van der Waals surface area contributed by atoms with Crippen LogP contribution in [0.4, 0.5) is 0 Å². The summed E-state index contributed by atoms with van der Waals surface area (Å²) in [6.07, 6.45) is 0.399. The van der Waals surface area contributed by atoms with E-state index in [1.807, 2.05) is 0 Å². The highest BCUT2D eigenvalue weighted by Gasteiger charge is 2.49. The molecule has 0 saturated heterocycles. The fourth-order valence-corrected chi connectivity index (χ4v) is 1.73. The van der Waals surface area contributed by atoms with E-state index >= 15 is 0 Å². The molecule has 84 valence electrons. The Kier molecular flexibility index (Phi) is 3.44. The van der Waals surface area contributed by atoms with Crippen LogP contribution in [0.1, 0.15) is 32.6 Å². The van der Waals surface area contributed by atoms with Crippen molar-refractivity contribution >= 4 is 17.7 Å². The molecule has 1 aliphatic rings. The number of rotatable bonds is 3. The van der Waals surface area contributed by atoms with Gasteiger partial charge in [-0.3, -0.25) is 14.4 Å². The van der Waals surface area contributed by atoms with Crippen molar-refractivity contribution in [1.82, 2.24) is 0 Å². The molecule has 15 heavy (non-hydrogen) atoms. The van der Waals surface area contributed by atoms with Crippen LogP contribution in [0, 0.1) is 5.41 Å². The molecule has 0 aromatic carbocycles. The van der Waals surface area contributed by atoms with Crippen molar-refractivity contribution in [2.24, 2.45) is 5.41 Å². The topological polar surface area (TPSA) is 80.7 Å². The third-order valence-corrected chi connectivity index (χ3v) is 2.74. The molecule has 0 heterocycles. The first kappa shape index (κ1) is 11.7. The van der Waals surface area contributed by atoms with Crippen LogP contribution in [-0.2, 0) is 19.1 Å². The van der Waals surface area contributed by atoms with Gasteiger partial charge < -0.3 is 9.84 Å². The molecule has 1 rings (SSSR count).